The van der Waals surface area contributed by atoms with Gasteiger partial charge in [-0.3, -0.25) is 4.79 Å². The van der Waals surface area contributed by atoms with Gasteiger partial charge in [0.15, 0.2) is 6.29 Å². The lowest BCUT2D eigenvalue weighted by Crippen LogP contribution is -2.45. The second-order valence-corrected chi connectivity index (χ2v) is 9.67. The number of amides is 1. The second kappa shape index (κ2) is 12.1. The van der Waals surface area contributed by atoms with E-state index in [4.69, 9.17) is 9.47 Å². The standard InChI is InChI=1S/C31H30FN3O5/c32-31(21-39-26-10-5-7-23(19-26)30(37)38)14-16-35(17-15-31)28-13-12-24(20-33-28)34-29(36)22-6-4-11-27(18-22)40-25-8-2-1-3-9-25/h1-13,18-20,30,37-38H,14-17,21H2,(H,34,36). The molecule has 0 atom stereocenters. The molecule has 0 radical (unpaired) electrons. The molecule has 1 amide bonds. The molecule has 1 fully saturated rings. The smallest absolute Gasteiger partial charge is 0.255 e. The van der Waals surface area contributed by atoms with E-state index in [1.54, 1.807) is 60.8 Å². The molecule has 1 saturated heterocycles. The number of ether oxygens (including phenoxy) is 2. The topological polar surface area (TPSA) is 104 Å². The van der Waals surface area contributed by atoms with Crippen molar-refractivity contribution in [3.05, 3.63) is 108 Å². The molecular formula is C31H30FN3O5. The van der Waals surface area contributed by atoms with Gasteiger partial charge < -0.3 is 29.9 Å². The lowest BCUT2D eigenvalue weighted by molar-refractivity contribution is -0.0427. The summed E-state index contributed by atoms with van der Waals surface area (Å²) in [6.45, 7) is 0.798. The molecule has 206 valence electrons. The number of benzene rings is 3. The zero-order valence-electron chi connectivity index (χ0n) is 21.7. The van der Waals surface area contributed by atoms with E-state index in [2.05, 4.69) is 10.3 Å². The number of carbonyl (C=O) groups is 1. The molecule has 4 aromatic rings. The number of piperidine rings is 1. The summed E-state index contributed by atoms with van der Waals surface area (Å²) in [5.41, 5.74) is -0.216. The van der Waals surface area contributed by atoms with Crippen LogP contribution in [0.15, 0.2) is 97.2 Å². The Kier molecular flexibility index (Phi) is 8.23. The lowest BCUT2D eigenvalue weighted by atomic mass is 9.94. The van der Waals surface area contributed by atoms with Crippen LogP contribution in [0.2, 0.25) is 0 Å². The summed E-state index contributed by atoms with van der Waals surface area (Å²) in [5.74, 6) is 2.05. The van der Waals surface area contributed by atoms with Crippen molar-refractivity contribution >= 4 is 17.4 Å². The summed E-state index contributed by atoms with van der Waals surface area (Å²) in [7, 11) is 0. The SMILES string of the molecule is O=C(Nc1ccc(N2CCC(F)(COc3cccc(C(O)O)c3)CC2)nc1)c1cccc(Oc2ccccc2)c1. The average Bonchev–Trinajstić information content (AvgIpc) is 2.98. The van der Waals surface area contributed by atoms with Crippen LogP contribution in [-0.2, 0) is 0 Å². The Morgan fingerprint density at radius 2 is 1.65 bits per heavy atom. The maximum Gasteiger partial charge on any atom is 0.255 e. The van der Waals surface area contributed by atoms with E-state index < -0.39 is 12.0 Å². The van der Waals surface area contributed by atoms with Crippen LogP contribution in [0.3, 0.4) is 0 Å². The van der Waals surface area contributed by atoms with Gasteiger partial charge in [-0.15, -0.1) is 0 Å². The number of halogens is 1. The maximum atomic E-state index is 15.4. The van der Waals surface area contributed by atoms with Crippen LogP contribution < -0.4 is 19.7 Å². The Morgan fingerprint density at radius 1 is 0.925 bits per heavy atom. The van der Waals surface area contributed by atoms with Crippen LogP contribution >= 0.6 is 0 Å². The van der Waals surface area contributed by atoms with Gasteiger partial charge in [-0.2, -0.15) is 0 Å². The van der Waals surface area contributed by atoms with Crippen molar-refractivity contribution in [2.45, 2.75) is 24.8 Å². The quantitative estimate of drug-likeness (QED) is 0.240. The number of hydrogen-bond acceptors (Lipinski definition) is 7. The fourth-order valence-electron chi connectivity index (χ4n) is 4.43. The van der Waals surface area contributed by atoms with Crippen molar-refractivity contribution in [3.8, 4) is 17.2 Å². The third kappa shape index (κ3) is 6.93. The molecule has 40 heavy (non-hydrogen) atoms. The Balaban J connectivity index is 1.13. The van der Waals surface area contributed by atoms with Crippen LogP contribution in [0.25, 0.3) is 0 Å². The molecule has 3 aromatic carbocycles. The zero-order valence-corrected chi connectivity index (χ0v) is 21.7. The molecule has 0 spiro atoms. The number of para-hydroxylation sites is 1. The van der Waals surface area contributed by atoms with Gasteiger partial charge in [-0.05, 0) is 54.6 Å². The second-order valence-electron chi connectivity index (χ2n) is 9.67. The van der Waals surface area contributed by atoms with Gasteiger partial charge in [0.2, 0.25) is 0 Å². The monoisotopic (exact) mass is 543 g/mol. The van der Waals surface area contributed by atoms with Crippen molar-refractivity contribution in [2.75, 3.05) is 29.9 Å². The van der Waals surface area contributed by atoms with Crippen LogP contribution in [0, 0.1) is 0 Å². The van der Waals surface area contributed by atoms with E-state index >= 15 is 4.39 Å². The predicted octanol–water partition coefficient (Wildman–Crippen LogP) is 5.50. The third-order valence-electron chi connectivity index (χ3n) is 6.72. The molecule has 8 nitrogen and oxygen atoms in total. The number of alkyl halides is 1. The summed E-state index contributed by atoms with van der Waals surface area (Å²) in [4.78, 5) is 19.3. The van der Waals surface area contributed by atoms with Crippen molar-refractivity contribution in [1.29, 1.82) is 0 Å². The number of aliphatic hydroxyl groups is 2. The van der Waals surface area contributed by atoms with Crippen molar-refractivity contribution < 1.29 is 28.9 Å². The van der Waals surface area contributed by atoms with Crippen molar-refractivity contribution in [3.63, 3.8) is 0 Å². The van der Waals surface area contributed by atoms with Crippen LogP contribution in [0.5, 0.6) is 17.2 Å². The van der Waals surface area contributed by atoms with Crippen LogP contribution in [0.1, 0.15) is 35.1 Å². The number of aliphatic hydroxyl groups excluding tert-OH is 1. The van der Waals surface area contributed by atoms with E-state index in [9.17, 15) is 15.0 Å². The number of nitrogens with one attached hydrogen (secondary N) is 1. The molecule has 1 aliphatic rings. The van der Waals surface area contributed by atoms with E-state index in [0.717, 1.165) is 0 Å². The van der Waals surface area contributed by atoms with E-state index in [0.29, 0.717) is 47.4 Å². The van der Waals surface area contributed by atoms with E-state index in [-0.39, 0.29) is 30.9 Å². The van der Waals surface area contributed by atoms with Gasteiger partial charge >= 0.3 is 0 Å². The van der Waals surface area contributed by atoms with Gasteiger partial charge in [0.1, 0.15) is 35.3 Å². The van der Waals surface area contributed by atoms with Crippen LogP contribution in [0.4, 0.5) is 15.9 Å². The molecule has 0 unspecified atom stereocenters. The maximum absolute atomic E-state index is 15.4. The third-order valence-corrected chi connectivity index (χ3v) is 6.72. The highest BCUT2D eigenvalue weighted by molar-refractivity contribution is 6.04. The highest BCUT2D eigenvalue weighted by Crippen LogP contribution is 2.31. The Morgan fingerprint density at radius 3 is 2.38 bits per heavy atom. The van der Waals surface area contributed by atoms with Gasteiger partial charge in [0, 0.05) is 37.1 Å². The summed E-state index contributed by atoms with van der Waals surface area (Å²) >= 11 is 0. The highest BCUT2D eigenvalue weighted by atomic mass is 19.1. The number of hydrogen-bond donors (Lipinski definition) is 3. The molecule has 3 N–H and O–H groups in total. The number of carbonyl (C=O) groups excluding carboxylic acids is 1. The minimum absolute atomic E-state index is 0.123. The summed E-state index contributed by atoms with van der Waals surface area (Å²) in [6, 6.07) is 26.2. The van der Waals surface area contributed by atoms with Crippen LogP contribution in [-0.4, -0.2) is 46.5 Å². The molecule has 9 heteroatoms. The van der Waals surface area contributed by atoms with E-state index in [1.807, 2.05) is 35.2 Å². The summed E-state index contributed by atoms with van der Waals surface area (Å²) in [6.07, 6.45) is 0.498. The molecule has 0 aliphatic carbocycles. The molecule has 1 aromatic heterocycles. The summed E-state index contributed by atoms with van der Waals surface area (Å²) < 4.78 is 26.8. The first-order valence-electron chi connectivity index (χ1n) is 13.0. The zero-order chi connectivity index (χ0) is 28.0. The number of rotatable bonds is 9. The normalized spacial score (nSPS) is 14.6. The molecule has 0 bridgehead atoms. The van der Waals surface area contributed by atoms with E-state index in [1.165, 1.54) is 6.07 Å². The minimum Gasteiger partial charge on any atom is -0.490 e. The number of nitrogens with zero attached hydrogens (tertiary/aromatic N) is 2. The highest BCUT2D eigenvalue weighted by Gasteiger charge is 2.36. The first kappa shape index (κ1) is 27.1. The molecular weight excluding hydrogens is 513 g/mol. The predicted molar refractivity (Wildman–Crippen MR) is 150 cm³/mol. The fraction of sp³-hybridized carbons (Fsp3) is 0.226. The Labute approximate surface area is 231 Å². The van der Waals surface area contributed by atoms with Crippen molar-refractivity contribution in [2.24, 2.45) is 0 Å². The average molecular weight is 544 g/mol. The molecule has 1 aliphatic heterocycles. The molecule has 5 rings (SSSR count). The first-order chi connectivity index (χ1) is 19.4. The molecule has 0 saturated carbocycles. The van der Waals surface area contributed by atoms with Gasteiger partial charge in [0.25, 0.3) is 5.91 Å². The van der Waals surface area contributed by atoms with Gasteiger partial charge in [0.05, 0.1) is 11.9 Å². The minimum atomic E-state index is -1.61. The largest absolute Gasteiger partial charge is 0.490 e. The lowest BCUT2D eigenvalue weighted by Gasteiger charge is -2.36. The number of aromatic nitrogens is 1. The summed E-state index contributed by atoms with van der Waals surface area (Å²) in [5, 5.41) is 21.5. The molecule has 2 heterocycles. The van der Waals surface area contributed by atoms with Gasteiger partial charge in [-0.25, -0.2) is 9.37 Å². The first-order valence-corrected chi connectivity index (χ1v) is 13.0. The number of pyridine rings is 1. The Hall–Kier alpha value is -4.47. The number of anilines is 2. The Bertz CT molecular complexity index is 1420. The van der Waals surface area contributed by atoms with Crippen molar-refractivity contribution in [1.82, 2.24) is 4.98 Å². The van der Waals surface area contributed by atoms with Gasteiger partial charge in [-0.1, -0.05) is 36.4 Å². The fourth-order valence-corrected chi connectivity index (χ4v) is 4.43.